The van der Waals surface area contributed by atoms with Gasteiger partial charge in [-0.1, -0.05) is 18.2 Å². The van der Waals surface area contributed by atoms with E-state index < -0.39 is 49.8 Å². The summed E-state index contributed by atoms with van der Waals surface area (Å²) in [4.78, 5) is 16.7. The second kappa shape index (κ2) is 10.2. The summed E-state index contributed by atoms with van der Waals surface area (Å²) in [6.07, 6.45) is -1.09. The molecule has 1 saturated carbocycles. The Labute approximate surface area is 235 Å². The molecule has 3 aromatic rings. The number of sulfone groups is 1. The first-order valence-corrected chi connectivity index (χ1v) is 14.8. The van der Waals surface area contributed by atoms with Gasteiger partial charge in [0.1, 0.15) is 10.6 Å². The Hall–Kier alpha value is -3.34. The minimum Gasteiger partial charge on any atom is -0.349 e. The van der Waals surface area contributed by atoms with Crippen molar-refractivity contribution in [2.75, 3.05) is 0 Å². The van der Waals surface area contributed by atoms with E-state index in [0.29, 0.717) is 36.5 Å². The molecule has 2 unspecified atom stereocenters. The summed E-state index contributed by atoms with van der Waals surface area (Å²) in [7, 11) is -4.22. The standard InChI is InChI=1S/C30H29F5N2O3S/c1-18(37-27(38)19-12-15-36-16-13-19)24-11-14-29(41(39,40)23-7-5-22(31)6-8-23)25-10-4-21(28(2,32)30(33,34)35)17-20(25)3-9-26(24)29/h4-8,10,12-13,15-18,24,26H,3,9,11,14H2,1-2H3,(H,37,38)/t18?,24-,26-,28?,29+/m0/s1. The summed E-state index contributed by atoms with van der Waals surface area (Å²) in [5.74, 6) is -1.75. The van der Waals surface area contributed by atoms with Gasteiger partial charge in [0.15, 0.2) is 9.84 Å². The maximum absolute atomic E-state index is 14.9. The lowest BCUT2D eigenvalue weighted by atomic mass is 9.71. The van der Waals surface area contributed by atoms with Crippen molar-refractivity contribution in [3.05, 3.63) is 95.1 Å². The number of nitrogens with zero attached hydrogens (tertiary/aromatic N) is 1. The van der Waals surface area contributed by atoms with Gasteiger partial charge in [0.05, 0.1) is 4.90 Å². The number of benzene rings is 2. The van der Waals surface area contributed by atoms with E-state index in [2.05, 4.69) is 10.3 Å². The van der Waals surface area contributed by atoms with E-state index in [4.69, 9.17) is 0 Å². The number of aromatic nitrogens is 1. The SMILES string of the molecule is CC(NC(=O)c1ccncc1)[C@@H]1CC[C@@]2(S(=O)(=O)c3ccc(F)cc3)c3ccc(C(C)(F)C(F)(F)F)cc3CC[C@@H]12. The minimum atomic E-state index is -5.16. The Morgan fingerprint density at radius 2 is 1.68 bits per heavy atom. The van der Waals surface area contributed by atoms with Crippen LogP contribution in [-0.4, -0.2) is 31.5 Å². The van der Waals surface area contributed by atoms with Crippen LogP contribution in [0.5, 0.6) is 0 Å². The number of rotatable bonds is 6. The van der Waals surface area contributed by atoms with E-state index in [1.54, 1.807) is 19.1 Å². The van der Waals surface area contributed by atoms with Crippen LogP contribution in [0, 0.1) is 17.7 Å². The average Bonchev–Trinajstić information content (AvgIpc) is 3.35. The number of aryl methyl sites for hydroxylation is 1. The van der Waals surface area contributed by atoms with Crippen LogP contribution in [0.3, 0.4) is 0 Å². The molecule has 2 aliphatic carbocycles. The van der Waals surface area contributed by atoms with Gasteiger partial charge in [0.2, 0.25) is 5.67 Å². The molecule has 0 aliphatic heterocycles. The fourth-order valence-corrected chi connectivity index (χ4v) is 9.16. The van der Waals surface area contributed by atoms with Crippen LogP contribution in [0.1, 0.15) is 60.2 Å². The zero-order valence-electron chi connectivity index (χ0n) is 22.4. The molecule has 1 amide bonds. The third-order valence-electron chi connectivity index (χ3n) is 8.87. The van der Waals surface area contributed by atoms with Crippen LogP contribution >= 0.6 is 0 Å². The molecule has 0 radical (unpaired) electrons. The summed E-state index contributed by atoms with van der Waals surface area (Å²) >= 11 is 0. The van der Waals surface area contributed by atoms with Gasteiger partial charge in [-0.3, -0.25) is 9.78 Å². The predicted octanol–water partition coefficient (Wildman–Crippen LogP) is 6.43. The second-order valence-electron chi connectivity index (χ2n) is 11.1. The number of pyridine rings is 1. The van der Waals surface area contributed by atoms with Crippen LogP contribution in [0.15, 0.2) is 71.9 Å². The molecule has 218 valence electrons. The number of alkyl halides is 4. The van der Waals surface area contributed by atoms with Crippen molar-refractivity contribution >= 4 is 15.7 Å². The van der Waals surface area contributed by atoms with Crippen molar-refractivity contribution in [3.8, 4) is 0 Å². The number of hydrogen-bond acceptors (Lipinski definition) is 4. The third kappa shape index (κ3) is 4.71. The predicted molar refractivity (Wildman–Crippen MR) is 142 cm³/mol. The van der Waals surface area contributed by atoms with Crippen molar-refractivity contribution in [3.63, 3.8) is 0 Å². The number of fused-ring (bicyclic) bond motifs is 3. The largest absolute Gasteiger partial charge is 0.426 e. The van der Waals surface area contributed by atoms with Crippen molar-refractivity contribution in [1.82, 2.24) is 10.3 Å². The van der Waals surface area contributed by atoms with Gasteiger partial charge in [-0.15, -0.1) is 0 Å². The lowest BCUT2D eigenvalue weighted by Gasteiger charge is -2.43. The van der Waals surface area contributed by atoms with Gasteiger partial charge in [0, 0.05) is 24.0 Å². The summed E-state index contributed by atoms with van der Waals surface area (Å²) in [5, 5.41) is 2.97. The summed E-state index contributed by atoms with van der Waals surface area (Å²) in [6.45, 7) is 2.25. The number of nitrogens with one attached hydrogen (secondary N) is 1. The van der Waals surface area contributed by atoms with E-state index in [9.17, 15) is 35.2 Å². The van der Waals surface area contributed by atoms with Gasteiger partial charge in [-0.2, -0.15) is 13.2 Å². The molecule has 1 N–H and O–H groups in total. The first-order valence-electron chi connectivity index (χ1n) is 13.3. The van der Waals surface area contributed by atoms with E-state index in [-0.39, 0.29) is 29.6 Å². The summed E-state index contributed by atoms with van der Waals surface area (Å²) in [5.41, 5.74) is -3.15. The molecule has 0 bridgehead atoms. The maximum atomic E-state index is 14.9. The Morgan fingerprint density at radius 3 is 2.32 bits per heavy atom. The zero-order valence-corrected chi connectivity index (χ0v) is 23.2. The lowest BCUT2D eigenvalue weighted by Crippen LogP contribution is -2.48. The molecule has 5 nitrogen and oxygen atoms in total. The van der Waals surface area contributed by atoms with Gasteiger partial charge < -0.3 is 5.32 Å². The highest BCUT2D eigenvalue weighted by atomic mass is 32.2. The molecular formula is C30H29F5N2O3S. The molecule has 2 aliphatic rings. The number of halogens is 5. The number of hydrogen-bond donors (Lipinski definition) is 1. The molecule has 11 heteroatoms. The molecule has 0 saturated heterocycles. The normalized spacial score (nSPS) is 24.6. The third-order valence-corrected chi connectivity index (χ3v) is 11.5. The lowest BCUT2D eigenvalue weighted by molar-refractivity contribution is -0.228. The first-order chi connectivity index (χ1) is 19.2. The minimum absolute atomic E-state index is 0.111. The Bertz CT molecular complexity index is 1560. The van der Waals surface area contributed by atoms with Crippen LogP contribution in [-0.2, 0) is 26.7 Å². The van der Waals surface area contributed by atoms with Crippen molar-refractivity contribution < 1.29 is 35.2 Å². The average molecular weight is 593 g/mol. The van der Waals surface area contributed by atoms with Crippen LogP contribution < -0.4 is 5.32 Å². The van der Waals surface area contributed by atoms with E-state index in [1.165, 1.54) is 30.6 Å². The topological polar surface area (TPSA) is 76.1 Å². The quantitative estimate of drug-likeness (QED) is 0.265. The zero-order chi connectivity index (χ0) is 29.8. The van der Waals surface area contributed by atoms with Gasteiger partial charge in [-0.25, -0.2) is 17.2 Å². The summed E-state index contributed by atoms with van der Waals surface area (Å²) < 4.78 is 96.5. The van der Waals surface area contributed by atoms with Crippen molar-refractivity contribution in [2.24, 2.45) is 11.8 Å². The molecule has 41 heavy (non-hydrogen) atoms. The van der Waals surface area contributed by atoms with E-state index in [0.717, 1.165) is 24.3 Å². The van der Waals surface area contributed by atoms with E-state index >= 15 is 0 Å². The molecule has 1 heterocycles. The van der Waals surface area contributed by atoms with Crippen LogP contribution in [0.2, 0.25) is 0 Å². The number of carbonyl (C=O) groups excluding carboxylic acids is 1. The fourth-order valence-electron chi connectivity index (χ4n) is 6.68. The van der Waals surface area contributed by atoms with Gasteiger partial charge >= 0.3 is 6.18 Å². The Kier molecular flexibility index (Phi) is 7.24. The smallest absolute Gasteiger partial charge is 0.349 e. The highest BCUT2D eigenvalue weighted by Crippen LogP contribution is 2.60. The Balaban J connectivity index is 1.60. The Morgan fingerprint density at radius 1 is 1.02 bits per heavy atom. The van der Waals surface area contributed by atoms with Crippen molar-refractivity contribution in [2.45, 2.75) is 67.1 Å². The molecule has 5 atom stereocenters. The van der Waals surface area contributed by atoms with Gasteiger partial charge in [0.25, 0.3) is 5.91 Å². The van der Waals surface area contributed by atoms with Gasteiger partial charge in [-0.05, 0) is 104 Å². The number of amides is 1. The molecule has 0 spiro atoms. The molecule has 5 rings (SSSR count). The molecular weight excluding hydrogens is 563 g/mol. The fraction of sp³-hybridized carbons (Fsp3) is 0.400. The highest BCUT2D eigenvalue weighted by Gasteiger charge is 2.61. The second-order valence-corrected chi connectivity index (χ2v) is 13.3. The van der Waals surface area contributed by atoms with Crippen LogP contribution in [0.4, 0.5) is 22.0 Å². The molecule has 1 aromatic heterocycles. The van der Waals surface area contributed by atoms with Crippen LogP contribution in [0.25, 0.3) is 0 Å². The summed E-state index contributed by atoms with van der Waals surface area (Å²) in [6, 6.07) is 10.6. The molecule has 1 fully saturated rings. The monoisotopic (exact) mass is 592 g/mol. The van der Waals surface area contributed by atoms with E-state index in [1.807, 2.05) is 0 Å². The van der Waals surface area contributed by atoms with Crippen molar-refractivity contribution in [1.29, 1.82) is 0 Å². The highest BCUT2D eigenvalue weighted by molar-refractivity contribution is 7.92. The number of carbonyl (C=O) groups is 1. The maximum Gasteiger partial charge on any atom is 0.426 e. The first kappa shape index (κ1) is 29.2. The molecule has 2 aromatic carbocycles.